The first-order valence-electron chi connectivity index (χ1n) is 11.6. The molecule has 34 heavy (non-hydrogen) atoms. The predicted molar refractivity (Wildman–Crippen MR) is 136 cm³/mol. The van der Waals surface area contributed by atoms with Crippen LogP contribution < -0.4 is 5.32 Å². The summed E-state index contributed by atoms with van der Waals surface area (Å²) in [5.74, 6) is 0.288. The molecule has 1 atom stereocenters. The van der Waals surface area contributed by atoms with E-state index in [1.54, 1.807) is 6.20 Å². The predicted octanol–water partition coefficient (Wildman–Crippen LogP) is 5.63. The van der Waals surface area contributed by atoms with Crippen LogP contribution in [0.5, 0.6) is 0 Å². The molecule has 1 heterocycles. The van der Waals surface area contributed by atoms with Gasteiger partial charge in [0.1, 0.15) is 11.9 Å². The molecule has 3 aromatic carbocycles. The number of rotatable bonds is 9. The van der Waals surface area contributed by atoms with E-state index in [4.69, 9.17) is 14.7 Å². The van der Waals surface area contributed by atoms with Crippen molar-refractivity contribution in [2.75, 3.05) is 11.9 Å². The Kier molecular flexibility index (Phi) is 7.66. The summed E-state index contributed by atoms with van der Waals surface area (Å²) >= 11 is 0. The number of anilines is 1. The second kappa shape index (κ2) is 11.2. The Morgan fingerprint density at radius 3 is 2.26 bits per heavy atom. The van der Waals surface area contributed by atoms with Crippen LogP contribution in [0.2, 0.25) is 0 Å². The van der Waals surface area contributed by atoms with E-state index in [9.17, 15) is 4.79 Å². The summed E-state index contributed by atoms with van der Waals surface area (Å²) in [4.78, 5) is 22.5. The van der Waals surface area contributed by atoms with Gasteiger partial charge in [-0.25, -0.2) is 14.8 Å². The van der Waals surface area contributed by atoms with Gasteiger partial charge in [0.2, 0.25) is 0 Å². The fourth-order valence-corrected chi connectivity index (χ4v) is 3.77. The minimum atomic E-state index is -0.575. The van der Waals surface area contributed by atoms with Gasteiger partial charge in [0.05, 0.1) is 24.2 Å². The van der Waals surface area contributed by atoms with Gasteiger partial charge in [0.15, 0.2) is 0 Å². The van der Waals surface area contributed by atoms with Gasteiger partial charge in [-0.2, -0.15) is 0 Å². The molecule has 0 saturated carbocycles. The van der Waals surface area contributed by atoms with E-state index < -0.39 is 6.04 Å². The van der Waals surface area contributed by atoms with E-state index in [1.165, 1.54) is 5.56 Å². The lowest BCUT2D eigenvalue weighted by atomic mass is 10.0. The smallest absolute Gasteiger partial charge is 0.328 e. The van der Waals surface area contributed by atoms with Crippen molar-refractivity contribution in [3.8, 4) is 11.3 Å². The van der Waals surface area contributed by atoms with Crippen molar-refractivity contribution in [2.24, 2.45) is 0 Å². The van der Waals surface area contributed by atoms with Crippen molar-refractivity contribution < 1.29 is 9.53 Å². The van der Waals surface area contributed by atoms with E-state index in [0.717, 1.165) is 28.1 Å². The molecule has 0 aliphatic carbocycles. The van der Waals surface area contributed by atoms with Crippen molar-refractivity contribution in [1.82, 2.24) is 9.97 Å². The van der Waals surface area contributed by atoms with E-state index in [1.807, 2.05) is 86.6 Å². The Morgan fingerprint density at radius 1 is 0.912 bits per heavy atom. The van der Waals surface area contributed by atoms with Gasteiger partial charge in [-0.3, -0.25) is 0 Å². The van der Waals surface area contributed by atoms with Crippen LogP contribution in [-0.2, 0) is 22.4 Å². The quantitative estimate of drug-likeness (QED) is 0.334. The number of esters is 1. The highest BCUT2D eigenvalue weighted by Gasteiger charge is 2.23. The lowest BCUT2D eigenvalue weighted by molar-refractivity contribution is -0.144. The van der Waals surface area contributed by atoms with Gasteiger partial charge in [0, 0.05) is 18.4 Å². The lowest BCUT2D eigenvalue weighted by Gasteiger charge is -2.20. The SMILES string of the molecule is CCOC(=O)C(Cc1ccc(C)cc1)Nc1ncc(-c2ccccc2)nc1Cc1ccccc1. The normalized spacial score (nSPS) is 11.6. The molecule has 0 fully saturated rings. The number of aromatic nitrogens is 2. The first-order valence-corrected chi connectivity index (χ1v) is 11.6. The van der Waals surface area contributed by atoms with E-state index >= 15 is 0 Å². The molecule has 1 aromatic heterocycles. The lowest BCUT2D eigenvalue weighted by Crippen LogP contribution is -2.34. The van der Waals surface area contributed by atoms with E-state index in [2.05, 4.69) is 17.4 Å². The Balaban J connectivity index is 1.67. The number of carbonyl (C=O) groups excluding carboxylic acids is 1. The number of carbonyl (C=O) groups is 1. The summed E-state index contributed by atoms with van der Waals surface area (Å²) in [6.45, 7) is 4.18. The van der Waals surface area contributed by atoms with Crippen molar-refractivity contribution in [3.63, 3.8) is 0 Å². The van der Waals surface area contributed by atoms with Crippen molar-refractivity contribution >= 4 is 11.8 Å². The summed E-state index contributed by atoms with van der Waals surface area (Å²) in [5, 5.41) is 3.35. The fourth-order valence-electron chi connectivity index (χ4n) is 3.77. The maximum absolute atomic E-state index is 12.8. The topological polar surface area (TPSA) is 64.1 Å². The zero-order valence-electron chi connectivity index (χ0n) is 19.6. The average Bonchev–Trinajstić information content (AvgIpc) is 2.87. The second-order valence-electron chi connectivity index (χ2n) is 8.22. The molecular weight excluding hydrogens is 422 g/mol. The van der Waals surface area contributed by atoms with Gasteiger partial charge in [-0.05, 0) is 25.0 Å². The largest absolute Gasteiger partial charge is 0.464 e. The molecule has 0 spiro atoms. The standard InChI is InChI=1S/C29H29N3O2/c1-3-34-29(33)26(19-23-16-14-21(2)15-17-23)32-28-25(18-22-10-6-4-7-11-22)31-27(20-30-28)24-12-8-5-9-13-24/h4-17,20,26H,3,18-19H2,1-2H3,(H,30,32). The zero-order valence-corrected chi connectivity index (χ0v) is 19.6. The maximum Gasteiger partial charge on any atom is 0.328 e. The molecule has 1 unspecified atom stereocenters. The van der Waals surface area contributed by atoms with Crippen LogP contribution >= 0.6 is 0 Å². The van der Waals surface area contributed by atoms with E-state index in [-0.39, 0.29) is 5.97 Å². The van der Waals surface area contributed by atoms with Gasteiger partial charge in [-0.15, -0.1) is 0 Å². The zero-order chi connectivity index (χ0) is 23.8. The Bertz CT molecular complexity index is 1210. The van der Waals surface area contributed by atoms with Crippen molar-refractivity contribution in [2.45, 2.75) is 32.7 Å². The molecule has 4 aromatic rings. The molecule has 0 saturated heterocycles. The van der Waals surface area contributed by atoms with Crippen LogP contribution in [0.1, 0.15) is 29.3 Å². The number of nitrogens with zero attached hydrogens (tertiary/aromatic N) is 2. The number of benzene rings is 3. The summed E-state index contributed by atoms with van der Waals surface area (Å²) in [6, 6.07) is 27.7. The molecule has 0 radical (unpaired) electrons. The molecule has 0 bridgehead atoms. The highest BCUT2D eigenvalue weighted by atomic mass is 16.5. The third-order valence-electron chi connectivity index (χ3n) is 5.57. The Morgan fingerprint density at radius 2 is 1.59 bits per heavy atom. The highest BCUT2D eigenvalue weighted by Crippen LogP contribution is 2.23. The molecule has 0 amide bonds. The number of nitrogens with one attached hydrogen (secondary N) is 1. The van der Waals surface area contributed by atoms with Crippen LogP contribution in [0.3, 0.4) is 0 Å². The molecule has 0 aliphatic rings. The van der Waals surface area contributed by atoms with Crippen LogP contribution in [0.15, 0.2) is 91.1 Å². The third kappa shape index (κ3) is 6.07. The van der Waals surface area contributed by atoms with Gasteiger partial charge < -0.3 is 10.1 Å². The third-order valence-corrected chi connectivity index (χ3v) is 5.57. The van der Waals surface area contributed by atoms with Crippen LogP contribution in [0.4, 0.5) is 5.82 Å². The molecule has 5 nitrogen and oxygen atoms in total. The monoisotopic (exact) mass is 451 g/mol. The van der Waals surface area contributed by atoms with Crippen molar-refractivity contribution in [3.05, 3.63) is 114 Å². The molecule has 0 aliphatic heterocycles. The number of hydrogen-bond donors (Lipinski definition) is 1. The molecule has 4 rings (SSSR count). The number of hydrogen-bond acceptors (Lipinski definition) is 5. The highest BCUT2D eigenvalue weighted by molar-refractivity contribution is 5.79. The molecule has 5 heteroatoms. The minimum absolute atomic E-state index is 0.303. The molecule has 172 valence electrons. The number of ether oxygens (including phenoxy) is 1. The Hall–Kier alpha value is -3.99. The van der Waals surface area contributed by atoms with Gasteiger partial charge in [0.25, 0.3) is 0 Å². The van der Waals surface area contributed by atoms with E-state index in [0.29, 0.717) is 25.3 Å². The van der Waals surface area contributed by atoms with Crippen LogP contribution in [0, 0.1) is 6.92 Å². The number of aryl methyl sites for hydroxylation is 1. The summed E-state index contributed by atoms with van der Waals surface area (Å²) in [6.07, 6.45) is 2.84. The van der Waals surface area contributed by atoms with Gasteiger partial charge >= 0.3 is 5.97 Å². The second-order valence-corrected chi connectivity index (χ2v) is 8.22. The summed E-state index contributed by atoms with van der Waals surface area (Å²) < 4.78 is 5.37. The molecule has 1 N–H and O–H groups in total. The van der Waals surface area contributed by atoms with Crippen LogP contribution in [-0.4, -0.2) is 28.6 Å². The van der Waals surface area contributed by atoms with Crippen LogP contribution in [0.25, 0.3) is 11.3 Å². The first kappa shape index (κ1) is 23.2. The summed E-state index contributed by atoms with van der Waals surface area (Å²) in [7, 11) is 0. The molecular formula is C29H29N3O2. The van der Waals surface area contributed by atoms with Crippen molar-refractivity contribution in [1.29, 1.82) is 0 Å². The average molecular weight is 452 g/mol. The first-order chi connectivity index (χ1) is 16.6. The van der Waals surface area contributed by atoms with Gasteiger partial charge in [-0.1, -0.05) is 90.5 Å². The summed E-state index contributed by atoms with van der Waals surface area (Å²) in [5.41, 5.74) is 5.93. The Labute approximate surface area is 200 Å². The maximum atomic E-state index is 12.8. The fraction of sp³-hybridized carbons (Fsp3) is 0.207. The minimum Gasteiger partial charge on any atom is -0.464 e.